The highest BCUT2D eigenvalue weighted by molar-refractivity contribution is 5.87. The van der Waals surface area contributed by atoms with Crippen LogP contribution in [0, 0.1) is 12.7 Å². The normalized spacial score (nSPS) is 10.8. The number of para-hydroxylation sites is 1. The summed E-state index contributed by atoms with van der Waals surface area (Å²) in [5, 5.41) is 3.06. The number of benzene rings is 2. The van der Waals surface area contributed by atoms with Gasteiger partial charge in [-0.3, -0.25) is 0 Å². The highest BCUT2D eigenvalue weighted by Crippen LogP contribution is 2.17. The van der Waals surface area contributed by atoms with Gasteiger partial charge in [-0.25, -0.2) is 9.18 Å². The predicted molar refractivity (Wildman–Crippen MR) is 104 cm³/mol. The Morgan fingerprint density at radius 1 is 1.14 bits per heavy atom. The molecule has 0 saturated carbocycles. The fourth-order valence-corrected chi connectivity index (χ4v) is 2.31. The van der Waals surface area contributed by atoms with Crippen LogP contribution in [-0.2, 0) is 16.1 Å². The Balaban J connectivity index is 1.62. The number of carbonyl (C=O) groups excluding carboxylic acids is 1. The van der Waals surface area contributed by atoms with E-state index in [4.69, 9.17) is 10.5 Å². The lowest BCUT2D eigenvalue weighted by Gasteiger charge is -2.09. The first kappa shape index (κ1) is 19.0. The van der Waals surface area contributed by atoms with Crippen molar-refractivity contribution in [3.8, 4) is 0 Å². The summed E-state index contributed by atoms with van der Waals surface area (Å²) in [6.07, 6.45) is 2.76. The third kappa shape index (κ3) is 5.34. The minimum absolute atomic E-state index is 0.0130. The molecular formula is C20H18FN5O2. The highest BCUT2D eigenvalue weighted by Gasteiger charge is 2.08. The second-order valence-electron chi connectivity index (χ2n) is 5.87. The number of hydrogen-bond donors (Lipinski definition) is 2. The fraction of sp³-hybridized carbons (Fsp3) is 0.100. The molecule has 2 aromatic carbocycles. The summed E-state index contributed by atoms with van der Waals surface area (Å²) in [6.45, 7) is 1.78. The minimum atomic E-state index is -0.586. The zero-order valence-corrected chi connectivity index (χ0v) is 15.1. The van der Waals surface area contributed by atoms with Crippen molar-refractivity contribution in [1.29, 1.82) is 0 Å². The molecule has 3 rings (SSSR count). The number of esters is 1. The van der Waals surface area contributed by atoms with E-state index in [2.05, 4.69) is 20.3 Å². The zero-order valence-electron chi connectivity index (χ0n) is 15.1. The van der Waals surface area contributed by atoms with Gasteiger partial charge in [0.15, 0.2) is 12.4 Å². The molecule has 7 nitrogen and oxygen atoms in total. The Bertz CT molecular complexity index is 1010. The number of nitrogens with zero attached hydrogens (tertiary/aromatic N) is 3. The van der Waals surface area contributed by atoms with Gasteiger partial charge in [0.25, 0.3) is 0 Å². The van der Waals surface area contributed by atoms with Crippen LogP contribution in [0.4, 0.5) is 22.0 Å². The number of anilines is 3. The van der Waals surface area contributed by atoms with Crippen LogP contribution in [0.5, 0.6) is 0 Å². The third-order valence-electron chi connectivity index (χ3n) is 3.72. The number of nitrogen functional groups attached to an aromatic ring is 1. The maximum atomic E-state index is 12.9. The zero-order chi connectivity index (χ0) is 19.9. The molecular weight excluding hydrogens is 361 g/mol. The average Bonchev–Trinajstić information content (AvgIpc) is 2.67. The molecule has 0 unspecified atom stereocenters. The summed E-state index contributed by atoms with van der Waals surface area (Å²) in [5.41, 5.74) is 8.24. The number of aromatic nitrogens is 3. The van der Waals surface area contributed by atoms with E-state index < -0.39 is 5.97 Å². The van der Waals surface area contributed by atoms with E-state index >= 15 is 0 Å². The molecule has 0 radical (unpaired) electrons. The van der Waals surface area contributed by atoms with Gasteiger partial charge < -0.3 is 15.8 Å². The molecule has 8 heteroatoms. The Hall–Kier alpha value is -3.81. The van der Waals surface area contributed by atoms with Gasteiger partial charge in [0.1, 0.15) is 5.82 Å². The second kappa shape index (κ2) is 8.72. The molecule has 0 saturated heterocycles. The topological polar surface area (TPSA) is 103 Å². The summed E-state index contributed by atoms with van der Waals surface area (Å²) in [5.74, 6) is -0.445. The third-order valence-corrected chi connectivity index (χ3v) is 3.72. The largest absolute Gasteiger partial charge is 0.454 e. The molecule has 0 spiro atoms. The first-order valence-corrected chi connectivity index (χ1v) is 8.43. The molecule has 0 fully saturated rings. The van der Waals surface area contributed by atoms with Gasteiger partial charge in [-0.2, -0.15) is 15.0 Å². The van der Waals surface area contributed by atoms with E-state index in [9.17, 15) is 9.18 Å². The van der Waals surface area contributed by atoms with Crippen molar-refractivity contribution in [1.82, 2.24) is 15.0 Å². The Labute approximate surface area is 161 Å². The maximum Gasteiger partial charge on any atom is 0.331 e. The number of carbonyl (C=O) groups is 1. The van der Waals surface area contributed by atoms with E-state index in [1.54, 1.807) is 12.1 Å². The number of rotatable bonds is 6. The van der Waals surface area contributed by atoms with Crippen molar-refractivity contribution in [3.05, 3.63) is 77.4 Å². The van der Waals surface area contributed by atoms with E-state index in [-0.39, 0.29) is 30.1 Å². The van der Waals surface area contributed by atoms with Gasteiger partial charge in [-0.1, -0.05) is 30.3 Å². The molecule has 142 valence electrons. The summed E-state index contributed by atoms with van der Waals surface area (Å²) in [6, 6.07) is 13.4. The molecule has 0 bridgehead atoms. The Morgan fingerprint density at radius 2 is 1.89 bits per heavy atom. The molecule has 1 heterocycles. The summed E-state index contributed by atoms with van der Waals surface area (Å²) in [4.78, 5) is 24.1. The quantitative estimate of drug-likeness (QED) is 0.500. The molecule has 3 N–H and O–H groups in total. The minimum Gasteiger partial charge on any atom is -0.454 e. The number of hydrogen-bond acceptors (Lipinski definition) is 7. The van der Waals surface area contributed by atoms with Crippen molar-refractivity contribution < 1.29 is 13.9 Å². The molecule has 28 heavy (non-hydrogen) atoms. The fourth-order valence-electron chi connectivity index (χ4n) is 2.31. The average molecular weight is 379 g/mol. The number of aryl methyl sites for hydroxylation is 1. The van der Waals surface area contributed by atoms with Crippen LogP contribution in [0.15, 0.2) is 54.6 Å². The van der Waals surface area contributed by atoms with Crippen LogP contribution >= 0.6 is 0 Å². The Morgan fingerprint density at radius 3 is 2.64 bits per heavy atom. The van der Waals surface area contributed by atoms with Crippen LogP contribution in [0.25, 0.3) is 6.08 Å². The van der Waals surface area contributed by atoms with E-state index in [0.717, 1.165) is 11.3 Å². The second-order valence-corrected chi connectivity index (χ2v) is 5.87. The number of nitrogens with one attached hydrogen (secondary N) is 1. The predicted octanol–water partition coefficient (Wildman–Crippen LogP) is 3.40. The molecule has 0 aliphatic heterocycles. The molecule has 0 amide bonds. The monoisotopic (exact) mass is 379 g/mol. The van der Waals surface area contributed by atoms with Crippen LogP contribution in [0.2, 0.25) is 0 Å². The highest BCUT2D eigenvalue weighted by atomic mass is 19.1. The maximum absolute atomic E-state index is 12.9. The standard InChI is InChI=1S/C20H18FN5O2/c1-13-4-2-3-5-16(13)23-20-25-17(24-19(22)26-20)12-28-18(27)11-8-14-6-9-15(21)10-7-14/h2-11H,12H2,1H3,(H3,22,23,24,25,26)/b11-8+. The van der Waals surface area contributed by atoms with Crippen molar-refractivity contribution in [2.24, 2.45) is 0 Å². The SMILES string of the molecule is Cc1ccccc1Nc1nc(N)nc(COC(=O)/C=C/c2ccc(F)cc2)n1. The number of ether oxygens (including phenoxy) is 1. The van der Waals surface area contributed by atoms with Crippen molar-refractivity contribution in [2.45, 2.75) is 13.5 Å². The van der Waals surface area contributed by atoms with Gasteiger partial charge in [0.05, 0.1) is 0 Å². The van der Waals surface area contributed by atoms with Crippen LogP contribution in [0.3, 0.4) is 0 Å². The van der Waals surface area contributed by atoms with E-state index in [1.165, 1.54) is 24.3 Å². The van der Waals surface area contributed by atoms with E-state index in [1.807, 2.05) is 31.2 Å². The molecule has 0 aliphatic carbocycles. The van der Waals surface area contributed by atoms with Gasteiger partial charge in [0, 0.05) is 11.8 Å². The molecule has 0 atom stereocenters. The molecule has 0 aliphatic rings. The van der Waals surface area contributed by atoms with Crippen molar-refractivity contribution in [2.75, 3.05) is 11.1 Å². The van der Waals surface area contributed by atoms with Crippen LogP contribution < -0.4 is 11.1 Å². The van der Waals surface area contributed by atoms with Crippen LogP contribution in [-0.4, -0.2) is 20.9 Å². The molecule has 3 aromatic rings. The van der Waals surface area contributed by atoms with Gasteiger partial charge in [0.2, 0.25) is 11.9 Å². The van der Waals surface area contributed by atoms with Crippen molar-refractivity contribution >= 4 is 29.6 Å². The van der Waals surface area contributed by atoms with E-state index in [0.29, 0.717) is 5.56 Å². The number of halogens is 1. The first-order chi connectivity index (χ1) is 13.5. The van der Waals surface area contributed by atoms with Crippen molar-refractivity contribution in [3.63, 3.8) is 0 Å². The summed E-state index contributed by atoms with van der Waals surface area (Å²) >= 11 is 0. The number of nitrogens with two attached hydrogens (primary N) is 1. The summed E-state index contributed by atoms with van der Waals surface area (Å²) < 4.78 is 18.0. The molecule has 1 aromatic heterocycles. The van der Waals surface area contributed by atoms with Gasteiger partial charge >= 0.3 is 5.97 Å². The smallest absolute Gasteiger partial charge is 0.331 e. The van der Waals surface area contributed by atoms with Gasteiger partial charge in [-0.15, -0.1) is 0 Å². The first-order valence-electron chi connectivity index (χ1n) is 8.43. The lowest BCUT2D eigenvalue weighted by Crippen LogP contribution is -2.10. The Kier molecular flexibility index (Phi) is 5.91. The lowest BCUT2D eigenvalue weighted by atomic mass is 10.2. The lowest BCUT2D eigenvalue weighted by molar-refractivity contribution is -0.139. The van der Waals surface area contributed by atoms with Gasteiger partial charge in [-0.05, 0) is 42.3 Å². The summed E-state index contributed by atoms with van der Waals surface area (Å²) in [7, 11) is 0. The van der Waals surface area contributed by atoms with Crippen LogP contribution in [0.1, 0.15) is 17.0 Å².